The molecule has 1 N–H and O–H groups in total. The molecule has 0 bridgehead atoms. The topological polar surface area (TPSA) is 83.0 Å². The van der Waals surface area contributed by atoms with E-state index in [4.69, 9.17) is 9.47 Å². The fourth-order valence-corrected chi connectivity index (χ4v) is 2.02. The minimum atomic E-state index is -1.20. The molecule has 1 aliphatic rings. The van der Waals surface area contributed by atoms with E-state index in [2.05, 4.69) is 10.5 Å². The highest BCUT2D eigenvalue weighted by molar-refractivity contribution is 5.99. The van der Waals surface area contributed by atoms with Crippen molar-refractivity contribution in [2.75, 3.05) is 12.2 Å². The first-order valence-corrected chi connectivity index (χ1v) is 6.65. The maximum absolute atomic E-state index is 10.7. The Hall–Kier alpha value is -3.02. The van der Waals surface area contributed by atoms with Crippen LogP contribution >= 0.6 is 0 Å². The first-order valence-electron chi connectivity index (χ1n) is 6.65. The number of nitrogens with one attached hydrogen (secondary N) is 1. The molecule has 6 nitrogen and oxygen atoms in total. The Morgan fingerprint density at radius 3 is 2.50 bits per heavy atom. The predicted octanol–water partition coefficient (Wildman–Crippen LogP) is 1.61. The van der Waals surface area contributed by atoms with E-state index in [-0.39, 0.29) is 12.4 Å². The quantitative estimate of drug-likeness (QED) is 0.685. The monoisotopic (exact) mass is 297 g/mol. The average Bonchev–Trinajstić information content (AvgIpc) is 3.00. The standard InChI is InChI=1S/C16H14N2O4/c1-10(12-4-7-14-15(8-12)22-9-21-14)17-18-13-5-2-11(3-6-13)16(19)20/h2-8,18H,9H2,1H3,(H,19,20)/p-1/b17-10+. The molecule has 112 valence electrons. The third kappa shape index (κ3) is 2.85. The Labute approximate surface area is 127 Å². The van der Waals surface area contributed by atoms with Gasteiger partial charge >= 0.3 is 0 Å². The molecule has 0 saturated carbocycles. The minimum Gasteiger partial charge on any atom is -0.545 e. The molecule has 0 spiro atoms. The van der Waals surface area contributed by atoms with Gasteiger partial charge in [0.2, 0.25) is 6.79 Å². The van der Waals surface area contributed by atoms with Crippen LogP contribution < -0.4 is 20.0 Å². The Morgan fingerprint density at radius 2 is 1.77 bits per heavy atom. The molecule has 0 atom stereocenters. The number of hydrogen-bond donors (Lipinski definition) is 1. The van der Waals surface area contributed by atoms with Gasteiger partial charge in [-0.1, -0.05) is 12.1 Å². The molecule has 0 aliphatic carbocycles. The van der Waals surface area contributed by atoms with Crippen molar-refractivity contribution < 1.29 is 19.4 Å². The third-order valence-corrected chi connectivity index (χ3v) is 3.26. The van der Waals surface area contributed by atoms with Crippen molar-refractivity contribution in [1.82, 2.24) is 0 Å². The number of aromatic carboxylic acids is 1. The van der Waals surface area contributed by atoms with E-state index in [1.165, 1.54) is 12.1 Å². The van der Waals surface area contributed by atoms with E-state index < -0.39 is 5.97 Å². The molecule has 1 aliphatic heterocycles. The van der Waals surface area contributed by atoms with Crippen LogP contribution in [0.25, 0.3) is 0 Å². The minimum absolute atomic E-state index is 0.127. The highest BCUT2D eigenvalue weighted by Crippen LogP contribution is 2.32. The van der Waals surface area contributed by atoms with E-state index >= 15 is 0 Å². The second-order valence-electron chi connectivity index (χ2n) is 4.74. The highest BCUT2D eigenvalue weighted by atomic mass is 16.7. The number of anilines is 1. The van der Waals surface area contributed by atoms with E-state index in [9.17, 15) is 9.90 Å². The Bertz CT molecular complexity index is 738. The van der Waals surface area contributed by atoms with Crippen LogP contribution in [-0.2, 0) is 0 Å². The van der Waals surface area contributed by atoms with Crippen molar-refractivity contribution in [2.45, 2.75) is 6.92 Å². The molecule has 0 unspecified atom stereocenters. The molecule has 1 heterocycles. The lowest BCUT2D eigenvalue weighted by Crippen LogP contribution is -2.21. The second kappa shape index (κ2) is 5.77. The number of ether oxygens (including phenoxy) is 2. The van der Waals surface area contributed by atoms with Crippen molar-refractivity contribution in [3.05, 3.63) is 53.6 Å². The van der Waals surface area contributed by atoms with E-state index in [0.29, 0.717) is 11.4 Å². The van der Waals surface area contributed by atoms with Gasteiger partial charge in [0.25, 0.3) is 0 Å². The molecule has 22 heavy (non-hydrogen) atoms. The molecule has 6 heteroatoms. The van der Waals surface area contributed by atoms with Crippen LogP contribution in [0.5, 0.6) is 11.5 Å². The first-order chi connectivity index (χ1) is 10.6. The number of benzene rings is 2. The normalized spacial score (nSPS) is 13.0. The number of carbonyl (C=O) groups is 1. The van der Waals surface area contributed by atoms with Crippen molar-refractivity contribution in [2.24, 2.45) is 5.10 Å². The van der Waals surface area contributed by atoms with Gasteiger partial charge in [-0.25, -0.2) is 0 Å². The molecular weight excluding hydrogens is 284 g/mol. The van der Waals surface area contributed by atoms with Gasteiger partial charge in [-0.3, -0.25) is 5.43 Å². The third-order valence-electron chi connectivity index (χ3n) is 3.26. The molecule has 0 radical (unpaired) electrons. The number of fused-ring (bicyclic) bond motifs is 1. The summed E-state index contributed by atoms with van der Waals surface area (Å²) in [5.74, 6) is 0.222. The molecule has 3 rings (SSSR count). The van der Waals surface area contributed by atoms with E-state index in [1.807, 2.05) is 25.1 Å². The summed E-state index contributed by atoms with van der Waals surface area (Å²) in [5.41, 5.74) is 5.36. The van der Waals surface area contributed by atoms with Crippen molar-refractivity contribution in [1.29, 1.82) is 0 Å². The number of carboxylic acid groups (broad SMARTS) is 1. The summed E-state index contributed by atoms with van der Waals surface area (Å²) < 4.78 is 10.6. The van der Waals surface area contributed by atoms with Crippen LogP contribution in [0.15, 0.2) is 47.6 Å². The van der Waals surface area contributed by atoms with Gasteiger partial charge < -0.3 is 19.4 Å². The van der Waals surface area contributed by atoms with Gasteiger partial charge in [-0.15, -0.1) is 0 Å². The fourth-order valence-electron chi connectivity index (χ4n) is 2.02. The Balaban J connectivity index is 1.73. The fraction of sp³-hybridized carbons (Fsp3) is 0.125. The lowest BCUT2D eigenvalue weighted by molar-refractivity contribution is -0.255. The van der Waals surface area contributed by atoms with Crippen LogP contribution in [0.1, 0.15) is 22.8 Å². The molecule has 0 fully saturated rings. The van der Waals surface area contributed by atoms with Gasteiger partial charge in [-0.2, -0.15) is 5.10 Å². The maximum atomic E-state index is 10.7. The van der Waals surface area contributed by atoms with Gasteiger partial charge in [-0.05, 0) is 42.8 Å². The van der Waals surface area contributed by atoms with Gasteiger partial charge in [0.15, 0.2) is 11.5 Å². The zero-order valence-electron chi connectivity index (χ0n) is 11.8. The lowest BCUT2D eigenvalue weighted by Gasteiger charge is -2.06. The highest BCUT2D eigenvalue weighted by Gasteiger charge is 2.13. The van der Waals surface area contributed by atoms with Crippen LogP contribution in [-0.4, -0.2) is 18.5 Å². The van der Waals surface area contributed by atoms with Crippen LogP contribution in [0.3, 0.4) is 0 Å². The zero-order valence-corrected chi connectivity index (χ0v) is 11.8. The largest absolute Gasteiger partial charge is 0.545 e. The summed E-state index contributed by atoms with van der Waals surface area (Å²) in [7, 11) is 0. The first kappa shape index (κ1) is 13.9. The molecule has 0 saturated heterocycles. The zero-order chi connectivity index (χ0) is 15.5. The summed E-state index contributed by atoms with van der Waals surface area (Å²) in [6.45, 7) is 2.10. The summed E-state index contributed by atoms with van der Waals surface area (Å²) in [5, 5.41) is 14.9. The van der Waals surface area contributed by atoms with Crippen LogP contribution in [0, 0.1) is 0 Å². The van der Waals surface area contributed by atoms with E-state index in [0.717, 1.165) is 17.0 Å². The number of nitrogens with zero attached hydrogens (tertiary/aromatic N) is 1. The number of rotatable bonds is 4. The number of carbonyl (C=O) groups excluding carboxylic acids is 1. The predicted molar refractivity (Wildman–Crippen MR) is 79.2 cm³/mol. The molecule has 2 aromatic rings. The van der Waals surface area contributed by atoms with Gasteiger partial charge in [0.05, 0.1) is 17.4 Å². The Kier molecular flexibility index (Phi) is 3.65. The average molecular weight is 297 g/mol. The number of hydrogen-bond acceptors (Lipinski definition) is 6. The molecule has 0 aromatic heterocycles. The molecule has 0 amide bonds. The van der Waals surface area contributed by atoms with E-state index in [1.54, 1.807) is 12.1 Å². The number of carboxylic acids is 1. The molecular formula is C16H13N2O4-. The summed E-state index contributed by atoms with van der Waals surface area (Å²) >= 11 is 0. The van der Waals surface area contributed by atoms with Gasteiger partial charge in [0, 0.05) is 5.56 Å². The van der Waals surface area contributed by atoms with Crippen molar-refractivity contribution in [3.63, 3.8) is 0 Å². The Morgan fingerprint density at radius 1 is 1.09 bits per heavy atom. The second-order valence-corrected chi connectivity index (χ2v) is 4.74. The van der Waals surface area contributed by atoms with Gasteiger partial charge in [0.1, 0.15) is 0 Å². The van der Waals surface area contributed by atoms with Crippen molar-refractivity contribution >= 4 is 17.4 Å². The summed E-state index contributed by atoms with van der Waals surface area (Å²) in [4.78, 5) is 10.7. The number of hydrazone groups is 1. The lowest BCUT2D eigenvalue weighted by atomic mass is 10.1. The smallest absolute Gasteiger partial charge is 0.231 e. The summed E-state index contributed by atoms with van der Waals surface area (Å²) in [6.07, 6.45) is 0. The van der Waals surface area contributed by atoms with Crippen LogP contribution in [0.2, 0.25) is 0 Å². The molecule has 2 aromatic carbocycles. The maximum Gasteiger partial charge on any atom is 0.231 e. The van der Waals surface area contributed by atoms with Crippen molar-refractivity contribution in [3.8, 4) is 11.5 Å². The van der Waals surface area contributed by atoms with Crippen LogP contribution in [0.4, 0.5) is 5.69 Å². The SMILES string of the molecule is C/C(=N\Nc1ccc(C(=O)[O-])cc1)c1ccc2c(c1)OCO2. The summed E-state index contributed by atoms with van der Waals surface area (Å²) in [6, 6.07) is 11.8.